The third kappa shape index (κ3) is 7.10. The average Bonchev–Trinajstić information content (AvgIpc) is 3.08. The summed E-state index contributed by atoms with van der Waals surface area (Å²) in [7, 11) is -4.10. The van der Waals surface area contributed by atoms with Crippen LogP contribution in [-0.2, 0) is 23.4 Å². The summed E-state index contributed by atoms with van der Waals surface area (Å²) >= 11 is 10.6. The van der Waals surface area contributed by atoms with Crippen LogP contribution < -0.4 is 9.61 Å². The predicted molar refractivity (Wildman–Crippen MR) is 139 cm³/mol. The topological polar surface area (TPSA) is 124 Å². The van der Waals surface area contributed by atoms with Gasteiger partial charge in [-0.25, -0.2) is 4.57 Å². The van der Waals surface area contributed by atoms with Gasteiger partial charge in [0.15, 0.2) is 4.77 Å². The molecule has 1 aliphatic rings. The van der Waals surface area contributed by atoms with E-state index in [1.54, 1.807) is 54.9 Å². The fraction of sp³-hybridized carbons (Fsp3) is 0.522. The molecule has 1 aromatic carbocycles. The van der Waals surface area contributed by atoms with Crippen molar-refractivity contribution < 1.29 is 33.0 Å². The van der Waals surface area contributed by atoms with E-state index in [1.165, 1.54) is 6.92 Å². The number of nitrogens with zero attached hydrogens (tertiary/aromatic N) is 1. The van der Waals surface area contributed by atoms with Gasteiger partial charge in [0.2, 0.25) is 0 Å². The molecule has 0 aliphatic carbocycles. The Bertz CT molecular complexity index is 1220. The zero-order valence-corrected chi connectivity index (χ0v) is 23.3. The molecule has 2 heterocycles. The lowest BCUT2D eigenvalue weighted by Gasteiger charge is -2.25. The van der Waals surface area contributed by atoms with Gasteiger partial charge in [0.1, 0.15) is 28.8 Å². The first-order chi connectivity index (χ1) is 16.9. The highest BCUT2D eigenvalue weighted by Crippen LogP contribution is 2.46. The van der Waals surface area contributed by atoms with Crippen LogP contribution in [0.5, 0.6) is 5.75 Å². The number of hydrogen-bond acceptors (Lipinski definition) is 9. The van der Waals surface area contributed by atoms with Crippen molar-refractivity contribution in [3.8, 4) is 5.75 Å². The minimum atomic E-state index is -4.10. The summed E-state index contributed by atoms with van der Waals surface area (Å²) in [4.78, 5) is 15.3. The third-order valence-electron chi connectivity index (χ3n) is 5.54. The number of aliphatic hydroxyl groups is 1. The summed E-state index contributed by atoms with van der Waals surface area (Å²) in [6, 6.07) is 7.43. The standard InChI is InChI=1S/C23H32N3O7PS2/c1-13(2)31-22(28)16(5)25-34(29,33-17-9-7-6-8-10-17)30-12-18-19(27)15(4)21(32-18)26-11-14(3)20(35)24-23(26)36/h6-11,13,15-16,18-19,21,27H,12H2,1-5H3,(H,25,29)(H,24,35,36)/t15-,16+,18+,19?,21+,34?/m1/s1. The van der Waals surface area contributed by atoms with Crippen LogP contribution in [0.2, 0.25) is 0 Å². The van der Waals surface area contributed by atoms with E-state index in [-0.39, 0.29) is 24.4 Å². The van der Waals surface area contributed by atoms with E-state index in [1.807, 2.05) is 13.8 Å². The molecule has 0 bridgehead atoms. The number of nitrogens with one attached hydrogen (secondary N) is 2. The van der Waals surface area contributed by atoms with Crippen molar-refractivity contribution in [2.75, 3.05) is 6.61 Å². The van der Waals surface area contributed by atoms with Crippen LogP contribution in [-0.4, -0.2) is 51.6 Å². The first kappa shape index (κ1) is 28.6. The highest BCUT2D eigenvalue weighted by Gasteiger charge is 2.44. The van der Waals surface area contributed by atoms with Crippen LogP contribution >= 0.6 is 32.2 Å². The van der Waals surface area contributed by atoms with Crippen LogP contribution in [0.25, 0.3) is 0 Å². The first-order valence-electron chi connectivity index (χ1n) is 11.5. The fourth-order valence-electron chi connectivity index (χ4n) is 3.63. The maximum Gasteiger partial charge on any atom is 0.459 e. The van der Waals surface area contributed by atoms with Crippen molar-refractivity contribution in [3.63, 3.8) is 0 Å². The van der Waals surface area contributed by atoms with Gasteiger partial charge in [-0.2, -0.15) is 5.09 Å². The van der Waals surface area contributed by atoms with E-state index in [0.717, 1.165) is 5.56 Å². The Kier molecular flexibility index (Phi) is 9.62. The van der Waals surface area contributed by atoms with E-state index in [2.05, 4.69) is 10.1 Å². The minimum absolute atomic E-state index is 0.276. The average molecular weight is 558 g/mol. The third-order valence-corrected chi connectivity index (χ3v) is 7.92. The molecule has 3 N–H and O–H groups in total. The Balaban J connectivity index is 1.77. The van der Waals surface area contributed by atoms with Gasteiger partial charge in [-0.15, -0.1) is 0 Å². The molecule has 1 aromatic heterocycles. The molecule has 1 saturated heterocycles. The van der Waals surface area contributed by atoms with Gasteiger partial charge in [0, 0.05) is 17.7 Å². The van der Waals surface area contributed by atoms with Crippen LogP contribution in [0.1, 0.15) is 39.5 Å². The molecule has 0 radical (unpaired) electrons. The Morgan fingerprint density at radius 1 is 1.28 bits per heavy atom. The molecular formula is C23H32N3O7PS2. The monoisotopic (exact) mass is 557 g/mol. The number of carbonyl (C=O) groups is 1. The summed E-state index contributed by atoms with van der Waals surface area (Å²) in [5.41, 5.74) is 0.802. The molecule has 0 amide bonds. The lowest BCUT2D eigenvalue weighted by molar-refractivity contribution is -0.149. The zero-order chi connectivity index (χ0) is 26.6. The number of aliphatic hydroxyl groups excluding tert-OH is 1. The van der Waals surface area contributed by atoms with E-state index in [0.29, 0.717) is 9.41 Å². The number of ether oxygens (including phenoxy) is 2. The van der Waals surface area contributed by atoms with Crippen LogP contribution in [0.3, 0.4) is 0 Å². The van der Waals surface area contributed by atoms with Crippen molar-refractivity contribution in [2.45, 2.75) is 65.2 Å². The largest absolute Gasteiger partial charge is 0.462 e. The molecule has 1 aliphatic heterocycles. The van der Waals surface area contributed by atoms with Gasteiger partial charge >= 0.3 is 13.7 Å². The normalized spacial score (nSPS) is 24.3. The van der Waals surface area contributed by atoms with Crippen molar-refractivity contribution in [1.82, 2.24) is 14.6 Å². The summed E-state index contributed by atoms with van der Waals surface area (Å²) in [5.74, 6) is -0.697. The van der Waals surface area contributed by atoms with E-state index >= 15 is 0 Å². The van der Waals surface area contributed by atoms with E-state index < -0.39 is 38.2 Å². The Hall–Kier alpha value is -1.92. The molecule has 3 rings (SSSR count). The molecular weight excluding hydrogens is 525 g/mol. The highest BCUT2D eigenvalue weighted by atomic mass is 32.1. The van der Waals surface area contributed by atoms with Gasteiger partial charge in [-0.3, -0.25) is 13.9 Å². The Morgan fingerprint density at radius 3 is 2.58 bits per heavy atom. The lowest BCUT2D eigenvalue weighted by Crippen LogP contribution is -2.37. The van der Waals surface area contributed by atoms with Gasteiger partial charge in [-0.1, -0.05) is 37.3 Å². The van der Waals surface area contributed by atoms with Crippen molar-refractivity contribution in [1.29, 1.82) is 0 Å². The van der Waals surface area contributed by atoms with Gasteiger partial charge in [-0.05, 0) is 52.0 Å². The summed E-state index contributed by atoms with van der Waals surface area (Å²) in [6.45, 7) is 8.31. The molecule has 10 nitrogen and oxygen atoms in total. The summed E-state index contributed by atoms with van der Waals surface area (Å²) in [6.07, 6.45) is -0.976. The number of aryl methyl sites for hydroxylation is 1. The number of aromatic amines is 1. The van der Waals surface area contributed by atoms with Crippen LogP contribution in [0.15, 0.2) is 36.5 Å². The second-order valence-corrected chi connectivity index (χ2v) is 11.4. The summed E-state index contributed by atoms with van der Waals surface area (Å²) in [5, 5.41) is 13.5. The first-order valence-corrected chi connectivity index (χ1v) is 13.9. The second-order valence-electron chi connectivity index (χ2n) is 8.93. The minimum Gasteiger partial charge on any atom is -0.462 e. The molecule has 198 valence electrons. The SMILES string of the molecule is Cc1cn([C@H]2O[C@@H](COP(=O)(N[C@@H](C)C(=O)OC(C)C)Oc3ccccc3)C(O)[C@H]2C)c(=S)[nH]c1=S. The van der Waals surface area contributed by atoms with E-state index in [4.69, 9.17) is 43.0 Å². The smallest absolute Gasteiger partial charge is 0.459 e. The Morgan fingerprint density at radius 2 is 1.94 bits per heavy atom. The van der Waals surface area contributed by atoms with Crippen LogP contribution in [0.4, 0.5) is 0 Å². The number of para-hydroxylation sites is 1. The number of aromatic nitrogens is 2. The second kappa shape index (κ2) is 12.1. The van der Waals surface area contributed by atoms with Crippen molar-refractivity contribution in [3.05, 3.63) is 51.5 Å². The van der Waals surface area contributed by atoms with Gasteiger partial charge < -0.3 is 24.1 Å². The molecule has 13 heteroatoms. The fourth-order valence-corrected chi connectivity index (χ4v) is 5.60. The van der Waals surface area contributed by atoms with Crippen molar-refractivity contribution in [2.24, 2.45) is 5.92 Å². The number of carbonyl (C=O) groups excluding carboxylic acids is 1. The number of H-pyrrole nitrogens is 1. The maximum absolute atomic E-state index is 13.7. The number of esters is 1. The zero-order valence-electron chi connectivity index (χ0n) is 20.7. The highest BCUT2D eigenvalue weighted by molar-refractivity contribution is 7.72. The van der Waals surface area contributed by atoms with Crippen LogP contribution in [0, 0.1) is 22.3 Å². The summed E-state index contributed by atoms with van der Waals surface area (Å²) < 4.78 is 38.8. The molecule has 6 atom stereocenters. The quantitative estimate of drug-likeness (QED) is 0.217. The molecule has 2 aromatic rings. The van der Waals surface area contributed by atoms with Gasteiger partial charge in [0.25, 0.3) is 0 Å². The van der Waals surface area contributed by atoms with E-state index in [9.17, 15) is 14.5 Å². The predicted octanol–water partition coefficient (Wildman–Crippen LogP) is 4.61. The van der Waals surface area contributed by atoms with Crippen molar-refractivity contribution >= 4 is 38.2 Å². The lowest BCUT2D eigenvalue weighted by atomic mass is 10.0. The molecule has 1 fully saturated rings. The molecule has 0 saturated carbocycles. The molecule has 2 unspecified atom stereocenters. The Labute approximate surface area is 220 Å². The number of rotatable bonds is 10. The van der Waals surface area contributed by atoms with Gasteiger partial charge in [0.05, 0.1) is 18.8 Å². The molecule has 36 heavy (non-hydrogen) atoms. The maximum atomic E-state index is 13.7. The molecule has 0 spiro atoms. The number of benzene rings is 1. The number of hydrogen-bond donors (Lipinski definition) is 3.